The fourth-order valence-electron chi connectivity index (χ4n) is 1.75. The highest BCUT2D eigenvalue weighted by molar-refractivity contribution is 8.13. The third-order valence-electron chi connectivity index (χ3n) is 2.69. The summed E-state index contributed by atoms with van der Waals surface area (Å²) in [6.45, 7) is 4.03. The van der Waals surface area contributed by atoms with Crippen LogP contribution in [0.5, 0.6) is 0 Å². The summed E-state index contributed by atoms with van der Waals surface area (Å²) in [5.41, 5.74) is -0.901. The number of rotatable bonds is 5. The zero-order chi connectivity index (χ0) is 15.5. The van der Waals surface area contributed by atoms with Crippen molar-refractivity contribution in [2.45, 2.75) is 25.2 Å². The second kappa shape index (κ2) is 6.49. The minimum atomic E-state index is -4.39. The van der Waals surface area contributed by atoms with E-state index in [2.05, 4.69) is 0 Å². The molecule has 0 bridgehead atoms. The molecule has 1 aromatic carbocycles. The molecule has 0 fully saturated rings. The number of nitrogens with zero attached hydrogens (tertiary/aromatic N) is 1. The molecule has 4 nitrogen and oxygen atoms in total. The molecule has 0 aliphatic carbocycles. The van der Waals surface area contributed by atoms with Crippen LogP contribution in [0, 0.1) is 11.6 Å². The molecule has 112 valence electrons. The van der Waals surface area contributed by atoms with E-state index in [1.807, 2.05) is 6.92 Å². The molecule has 20 heavy (non-hydrogen) atoms. The zero-order valence-electron chi connectivity index (χ0n) is 11.0. The van der Waals surface area contributed by atoms with Gasteiger partial charge in [0.25, 0.3) is 15.0 Å². The molecule has 8 heteroatoms. The van der Waals surface area contributed by atoms with Crippen molar-refractivity contribution < 1.29 is 22.0 Å². The van der Waals surface area contributed by atoms with E-state index in [-0.39, 0.29) is 6.54 Å². The van der Waals surface area contributed by atoms with Gasteiger partial charge in [0.2, 0.25) is 0 Å². The van der Waals surface area contributed by atoms with Crippen LogP contribution in [-0.2, 0) is 9.05 Å². The summed E-state index contributed by atoms with van der Waals surface area (Å²) in [6, 6.07) is 1.41. The summed E-state index contributed by atoms with van der Waals surface area (Å²) in [5.74, 6) is -3.47. The Morgan fingerprint density at radius 2 is 1.90 bits per heavy atom. The maximum atomic E-state index is 14.1. The van der Waals surface area contributed by atoms with Crippen molar-refractivity contribution in [2.24, 2.45) is 0 Å². The van der Waals surface area contributed by atoms with Crippen LogP contribution in [0.25, 0.3) is 0 Å². The van der Waals surface area contributed by atoms with Crippen LogP contribution >= 0.6 is 10.7 Å². The Morgan fingerprint density at radius 1 is 1.30 bits per heavy atom. The first-order valence-electron chi connectivity index (χ1n) is 5.95. The van der Waals surface area contributed by atoms with Crippen molar-refractivity contribution in [1.29, 1.82) is 0 Å². The van der Waals surface area contributed by atoms with Gasteiger partial charge in [-0.05, 0) is 25.5 Å². The fourth-order valence-corrected chi connectivity index (χ4v) is 2.65. The molecular weight excluding hydrogens is 312 g/mol. The van der Waals surface area contributed by atoms with E-state index in [0.717, 1.165) is 0 Å². The van der Waals surface area contributed by atoms with Crippen molar-refractivity contribution in [2.75, 3.05) is 13.1 Å². The number of hydrogen-bond acceptors (Lipinski definition) is 3. The van der Waals surface area contributed by atoms with E-state index < -0.39 is 37.1 Å². The summed E-state index contributed by atoms with van der Waals surface area (Å²) in [6.07, 6.45) is 0.607. The average Bonchev–Trinajstić information content (AvgIpc) is 2.34. The molecule has 0 aliphatic rings. The van der Waals surface area contributed by atoms with Gasteiger partial charge in [0, 0.05) is 23.8 Å². The van der Waals surface area contributed by atoms with Crippen LogP contribution in [0.2, 0.25) is 0 Å². The van der Waals surface area contributed by atoms with E-state index in [9.17, 15) is 22.0 Å². The number of amides is 1. The predicted molar refractivity (Wildman–Crippen MR) is 71.3 cm³/mol. The van der Waals surface area contributed by atoms with Gasteiger partial charge in [-0.3, -0.25) is 4.79 Å². The lowest BCUT2D eigenvalue weighted by atomic mass is 10.1. The first kappa shape index (κ1) is 16.8. The first-order chi connectivity index (χ1) is 9.23. The maximum absolute atomic E-state index is 14.1. The largest absolute Gasteiger partial charge is 0.339 e. The van der Waals surface area contributed by atoms with Crippen molar-refractivity contribution in [3.63, 3.8) is 0 Å². The molecule has 1 aromatic rings. The normalized spacial score (nSPS) is 11.4. The molecule has 1 amide bonds. The number of benzene rings is 1. The summed E-state index contributed by atoms with van der Waals surface area (Å²) < 4.78 is 50.1. The van der Waals surface area contributed by atoms with Gasteiger partial charge >= 0.3 is 0 Å². The van der Waals surface area contributed by atoms with E-state index in [0.29, 0.717) is 25.1 Å². The van der Waals surface area contributed by atoms with Crippen LogP contribution in [0.4, 0.5) is 8.78 Å². The van der Waals surface area contributed by atoms with Crippen molar-refractivity contribution in [3.8, 4) is 0 Å². The lowest BCUT2D eigenvalue weighted by Gasteiger charge is -2.21. The van der Waals surface area contributed by atoms with Gasteiger partial charge in [0.05, 0.1) is 0 Å². The number of carbonyl (C=O) groups is 1. The van der Waals surface area contributed by atoms with E-state index in [1.54, 1.807) is 6.92 Å². The molecule has 0 saturated carbocycles. The summed E-state index contributed by atoms with van der Waals surface area (Å²) in [4.78, 5) is 12.4. The topological polar surface area (TPSA) is 54.5 Å². The highest BCUT2D eigenvalue weighted by atomic mass is 35.7. The smallest absolute Gasteiger partial charge is 0.264 e. The Bertz CT molecular complexity index is 619. The van der Waals surface area contributed by atoms with Crippen molar-refractivity contribution >= 4 is 25.6 Å². The summed E-state index contributed by atoms with van der Waals surface area (Å²) in [5, 5.41) is 0. The van der Waals surface area contributed by atoms with E-state index in [1.165, 1.54) is 4.90 Å². The van der Waals surface area contributed by atoms with E-state index in [4.69, 9.17) is 10.7 Å². The monoisotopic (exact) mass is 325 g/mol. The quantitative estimate of drug-likeness (QED) is 0.782. The molecule has 0 aromatic heterocycles. The second-order valence-corrected chi connectivity index (χ2v) is 6.59. The van der Waals surface area contributed by atoms with Gasteiger partial charge in [0.15, 0.2) is 5.82 Å². The Hall–Kier alpha value is -1.21. The molecule has 0 N–H and O–H groups in total. The van der Waals surface area contributed by atoms with Crippen LogP contribution < -0.4 is 0 Å². The molecular formula is C12H14ClF2NO3S. The first-order valence-corrected chi connectivity index (χ1v) is 8.26. The lowest BCUT2D eigenvalue weighted by molar-refractivity contribution is 0.0754. The van der Waals surface area contributed by atoms with Gasteiger partial charge < -0.3 is 4.90 Å². The molecule has 0 spiro atoms. The standard InChI is InChI=1S/C12H14ClF2NO3S/c1-3-7-16(4-2)12(17)10-8(14)5-6-9(11(10)15)20(13,18)19/h5-6H,3-4,7H2,1-2H3. The summed E-state index contributed by atoms with van der Waals surface area (Å²) >= 11 is 0. The van der Waals surface area contributed by atoms with Crippen LogP contribution in [0.15, 0.2) is 17.0 Å². The zero-order valence-corrected chi connectivity index (χ0v) is 12.6. The Balaban J connectivity index is 3.41. The van der Waals surface area contributed by atoms with Crippen LogP contribution in [0.1, 0.15) is 30.6 Å². The Morgan fingerprint density at radius 3 is 2.35 bits per heavy atom. The highest BCUT2D eigenvalue weighted by Crippen LogP contribution is 2.25. The van der Waals surface area contributed by atoms with E-state index >= 15 is 0 Å². The minimum Gasteiger partial charge on any atom is -0.339 e. The van der Waals surface area contributed by atoms with Crippen molar-refractivity contribution in [1.82, 2.24) is 4.90 Å². The lowest BCUT2D eigenvalue weighted by Crippen LogP contribution is -2.33. The Labute approximate surface area is 120 Å². The SMILES string of the molecule is CCCN(CC)C(=O)c1c(F)ccc(S(=O)(=O)Cl)c1F. The Kier molecular flexibility index (Phi) is 5.47. The minimum absolute atomic E-state index is 0.253. The van der Waals surface area contributed by atoms with Crippen molar-refractivity contribution in [3.05, 3.63) is 29.3 Å². The van der Waals surface area contributed by atoms with Gasteiger partial charge in [-0.25, -0.2) is 17.2 Å². The van der Waals surface area contributed by atoms with Gasteiger partial charge in [0.1, 0.15) is 16.3 Å². The number of hydrogen-bond donors (Lipinski definition) is 0. The average molecular weight is 326 g/mol. The third-order valence-corrected chi connectivity index (χ3v) is 4.03. The number of halogens is 3. The fraction of sp³-hybridized carbons (Fsp3) is 0.417. The molecule has 0 unspecified atom stereocenters. The predicted octanol–water partition coefficient (Wildman–Crippen LogP) is 2.76. The maximum Gasteiger partial charge on any atom is 0.264 e. The van der Waals surface area contributed by atoms with Crippen LogP contribution in [0.3, 0.4) is 0 Å². The third kappa shape index (κ3) is 3.46. The highest BCUT2D eigenvalue weighted by Gasteiger charge is 2.28. The number of carbonyl (C=O) groups excluding carboxylic acids is 1. The molecule has 1 rings (SSSR count). The van der Waals surface area contributed by atoms with Crippen LogP contribution in [-0.4, -0.2) is 32.3 Å². The molecule has 0 aliphatic heterocycles. The molecule has 0 radical (unpaired) electrons. The summed E-state index contributed by atoms with van der Waals surface area (Å²) in [7, 11) is 0.661. The van der Waals surface area contributed by atoms with Gasteiger partial charge in [-0.15, -0.1) is 0 Å². The second-order valence-electron chi connectivity index (χ2n) is 4.06. The van der Waals surface area contributed by atoms with Gasteiger partial charge in [-0.2, -0.15) is 0 Å². The van der Waals surface area contributed by atoms with Gasteiger partial charge in [-0.1, -0.05) is 6.92 Å². The molecule has 0 saturated heterocycles. The molecule has 0 heterocycles. The molecule has 0 atom stereocenters.